The molecule has 0 aromatic heterocycles. The Balaban J connectivity index is 2.73. The van der Waals surface area contributed by atoms with Gasteiger partial charge in [-0.05, 0) is 17.7 Å². The van der Waals surface area contributed by atoms with Crippen LogP contribution in [0.25, 0.3) is 0 Å². The summed E-state index contributed by atoms with van der Waals surface area (Å²) in [7, 11) is 0. The van der Waals surface area contributed by atoms with Gasteiger partial charge in [-0.15, -0.1) is 0 Å². The molecule has 0 amide bonds. The van der Waals surface area contributed by atoms with Crippen LogP contribution in [-0.2, 0) is 0 Å². The molecule has 0 aliphatic carbocycles. The van der Waals surface area contributed by atoms with Crippen LogP contribution < -0.4 is 11.1 Å². The molecule has 1 aliphatic rings. The van der Waals surface area contributed by atoms with E-state index < -0.39 is 0 Å². The fourth-order valence-corrected chi connectivity index (χ4v) is 1.15. The quantitative estimate of drug-likeness (QED) is 0.610. The fourth-order valence-electron chi connectivity index (χ4n) is 1.15. The van der Waals surface area contributed by atoms with Crippen LogP contribution in [0.1, 0.15) is 6.92 Å². The molecule has 2 nitrogen and oxygen atoms in total. The number of allylic oxidation sites excluding steroid dienone is 2. The Bertz CT molecular complexity index is 214. The van der Waals surface area contributed by atoms with Crippen molar-refractivity contribution in [3.63, 3.8) is 0 Å². The van der Waals surface area contributed by atoms with Crippen molar-refractivity contribution >= 4 is 0 Å². The van der Waals surface area contributed by atoms with Gasteiger partial charge in [-0.25, -0.2) is 0 Å². The molecule has 0 aromatic carbocycles. The zero-order valence-corrected chi connectivity index (χ0v) is 7.46. The monoisotopic (exact) mass is 164 g/mol. The van der Waals surface area contributed by atoms with Crippen molar-refractivity contribution in [2.24, 2.45) is 11.7 Å². The molecule has 1 rings (SSSR count). The van der Waals surface area contributed by atoms with E-state index in [0.29, 0.717) is 12.5 Å². The highest BCUT2D eigenvalue weighted by Crippen LogP contribution is 2.05. The third-order valence-electron chi connectivity index (χ3n) is 1.80. The number of rotatable bonds is 1. The Hall–Kier alpha value is -1.02. The van der Waals surface area contributed by atoms with Crippen LogP contribution in [-0.4, -0.2) is 13.1 Å². The van der Waals surface area contributed by atoms with Gasteiger partial charge in [0.2, 0.25) is 0 Å². The van der Waals surface area contributed by atoms with Crippen molar-refractivity contribution in [3.8, 4) is 0 Å². The van der Waals surface area contributed by atoms with Gasteiger partial charge in [0.05, 0.1) is 0 Å². The third kappa shape index (κ3) is 2.93. The van der Waals surface area contributed by atoms with E-state index >= 15 is 0 Å². The topological polar surface area (TPSA) is 38.0 Å². The lowest BCUT2D eigenvalue weighted by molar-refractivity contribution is 0.898. The van der Waals surface area contributed by atoms with E-state index in [4.69, 9.17) is 5.73 Å². The van der Waals surface area contributed by atoms with Gasteiger partial charge in [0.1, 0.15) is 0 Å². The molecule has 0 radical (unpaired) electrons. The molecule has 0 spiro atoms. The van der Waals surface area contributed by atoms with Gasteiger partial charge in [-0.1, -0.05) is 31.2 Å². The molecule has 0 fully saturated rings. The zero-order valence-electron chi connectivity index (χ0n) is 7.46. The Kier molecular flexibility index (Phi) is 3.61. The van der Waals surface area contributed by atoms with Crippen LogP contribution in [0.2, 0.25) is 0 Å². The Labute approximate surface area is 73.8 Å². The maximum absolute atomic E-state index is 5.57. The average Bonchev–Trinajstić information content (AvgIpc) is 2.16. The van der Waals surface area contributed by atoms with Crippen molar-refractivity contribution in [2.75, 3.05) is 13.1 Å². The second kappa shape index (κ2) is 4.78. The van der Waals surface area contributed by atoms with Gasteiger partial charge in [0, 0.05) is 13.1 Å². The second-order valence-electron chi connectivity index (χ2n) is 2.97. The van der Waals surface area contributed by atoms with E-state index in [9.17, 15) is 0 Å². The standard InChI is InChI=1S/C10H16N2/c1-9-4-6-12-5-2-3-10(7-9)8-11/h2-4,6-7,9,12H,5,8,11H2,1H3/b3-2-,6-4-,10-7+. The SMILES string of the molecule is CC1/C=C\NC/C=C\C(CN)=C/1. The minimum absolute atomic E-state index is 0.457. The van der Waals surface area contributed by atoms with Crippen molar-refractivity contribution in [1.82, 2.24) is 5.32 Å². The Morgan fingerprint density at radius 1 is 1.67 bits per heavy atom. The molecule has 12 heavy (non-hydrogen) atoms. The summed E-state index contributed by atoms with van der Waals surface area (Å²) in [6.45, 7) is 3.64. The summed E-state index contributed by atoms with van der Waals surface area (Å²) in [5.74, 6) is 0.457. The number of nitrogens with two attached hydrogens (primary N) is 1. The predicted octanol–water partition coefficient (Wildman–Crippen LogP) is 1.18. The zero-order chi connectivity index (χ0) is 8.81. The molecule has 2 heteroatoms. The first-order valence-electron chi connectivity index (χ1n) is 4.30. The lowest BCUT2D eigenvalue weighted by atomic mass is 10.1. The van der Waals surface area contributed by atoms with Crippen molar-refractivity contribution in [1.29, 1.82) is 0 Å². The number of hydrogen-bond acceptors (Lipinski definition) is 2. The van der Waals surface area contributed by atoms with Crippen molar-refractivity contribution in [2.45, 2.75) is 6.92 Å². The Morgan fingerprint density at radius 3 is 3.25 bits per heavy atom. The highest BCUT2D eigenvalue weighted by atomic mass is 14.8. The summed E-state index contributed by atoms with van der Waals surface area (Å²) in [6, 6.07) is 0. The van der Waals surface area contributed by atoms with Gasteiger partial charge in [-0.3, -0.25) is 0 Å². The molecule has 0 aromatic rings. The van der Waals surface area contributed by atoms with Gasteiger partial charge in [-0.2, -0.15) is 0 Å². The highest BCUT2D eigenvalue weighted by molar-refractivity contribution is 5.23. The molecule has 0 saturated carbocycles. The first-order chi connectivity index (χ1) is 5.83. The Morgan fingerprint density at radius 2 is 2.50 bits per heavy atom. The molecular formula is C10H16N2. The van der Waals surface area contributed by atoms with Crippen LogP contribution in [0.4, 0.5) is 0 Å². The minimum Gasteiger partial charge on any atom is -0.388 e. The molecule has 1 atom stereocenters. The average molecular weight is 164 g/mol. The maximum Gasteiger partial charge on any atom is 0.0328 e. The summed E-state index contributed by atoms with van der Waals surface area (Å²) in [5.41, 5.74) is 6.78. The van der Waals surface area contributed by atoms with Gasteiger partial charge >= 0.3 is 0 Å². The van der Waals surface area contributed by atoms with Crippen molar-refractivity contribution in [3.05, 3.63) is 36.1 Å². The van der Waals surface area contributed by atoms with Crippen molar-refractivity contribution < 1.29 is 0 Å². The van der Waals surface area contributed by atoms with Gasteiger partial charge in [0.25, 0.3) is 0 Å². The lowest BCUT2D eigenvalue weighted by Crippen LogP contribution is -2.04. The van der Waals surface area contributed by atoms with E-state index in [1.165, 1.54) is 5.57 Å². The molecule has 0 saturated heterocycles. The number of hydrogen-bond donors (Lipinski definition) is 2. The summed E-state index contributed by atoms with van der Waals surface area (Å²) in [5, 5.41) is 3.16. The van der Waals surface area contributed by atoms with Gasteiger partial charge < -0.3 is 11.1 Å². The molecule has 1 heterocycles. The van der Waals surface area contributed by atoms with E-state index in [-0.39, 0.29) is 0 Å². The minimum atomic E-state index is 0.457. The van der Waals surface area contributed by atoms with Crippen LogP contribution in [0.15, 0.2) is 36.1 Å². The summed E-state index contributed by atoms with van der Waals surface area (Å²) >= 11 is 0. The third-order valence-corrected chi connectivity index (χ3v) is 1.80. The second-order valence-corrected chi connectivity index (χ2v) is 2.97. The largest absolute Gasteiger partial charge is 0.388 e. The van der Waals surface area contributed by atoms with Gasteiger partial charge in [0.15, 0.2) is 0 Å². The van der Waals surface area contributed by atoms with E-state index in [1.54, 1.807) is 0 Å². The fraction of sp³-hybridized carbons (Fsp3) is 0.400. The first-order valence-corrected chi connectivity index (χ1v) is 4.30. The molecule has 1 unspecified atom stereocenters. The normalized spacial score (nSPS) is 33.2. The maximum atomic E-state index is 5.57. The molecule has 66 valence electrons. The smallest absolute Gasteiger partial charge is 0.0328 e. The molecule has 1 aliphatic heterocycles. The highest BCUT2D eigenvalue weighted by Gasteiger charge is 1.95. The molecule has 0 bridgehead atoms. The lowest BCUT2D eigenvalue weighted by Gasteiger charge is -2.00. The predicted molar refractivity (Wildman–Crippen MR) is 52.6 cm³/mol. The van der Waals surface area contributed by atoms with Crippen LogP contribution in [0.3, 0.4) is 0 Å². The number of nitrogens with one attached hydrogen (secondary N) is 1. The van der Waals surface area contributed by atoms with Crippen LogP contribution in [0, 0.1) is 5.92 Å². The van der Waals surface area contributed by atoms with Crippen LogP contribution in [0.5, 0.6) is 0 Å². The van der Waals surface area contributed by atoms with E-state index in [0.717, 1.165) is 6.54 Å². The van der Waals surface area contributed by atoms with E-state index in [2.05, 4.69) is 36.5 Å². The summed E-state index contributed by atoms with van der Waals surface area (Å²) < 4.78 is 0. The van der Waals surface area contributed by atoms with E-state index in [1.807, 2.05) is 6.20 Å². The van der Waals surface area contributed by atoms with Crippen LogP contribution >= 0.6 is 0 Å². The molecule has 3 N–H and O–H groups in total. The molecular weight excluding hydrogens is 148 g/mol. The first kappa shape index (κ1) is 9.07. The summed E-state index contributed by atoms with van der Waals surface area (Å²) in [6.07, 6.45) is 10.5. The summed E-state index contributed by atoms with van der Waals surface area (Å²) in [4.78, 5) is 0.